The minimum Gasteiger partial charge on any atom is -0.354 e. The van der Waals surface area contributed by atoms with Gasteiger partial charge in [-0.05, 0) is 31.5 Å². The molecule has 0 aromatic heterocycles. The summed E-state index contributed by atoms with van der Waals surface area (Å²) >= 11 is 0. The Labute approximate surface area is 102 Å². The van der Waals surface area contributed by atoms with Crippen molar-refractivity contribution in [3.63, 3.8) is 0 Å². The van der Waals surface area contributed by atoms with Crippen molar-refractivity contribution >= 4 is 0 Å². The Bertz CT molecular complexity index is 342. The predicted octanol–water partition coefficient (Wildman–Crippen LogP) is 2.48. The van der Waals surface area contributed by atoms with E-state index in [0.29, 0.717) is 0 Å². The maximum Gasteiger partial charge on any atom is 0.171 e. The van der Waals surface area contributed by atoms with Gasteiger partial charge in [-0.3, -0.25) is 0 Å². The molecular formula is C13H20FNO2. The maximum atomic E-state index is 13.1. The van der Waals surface area contributed by atoms with Gasteiger partial charge in [0.1, 0.15) is 5.82 Å². The molecule has 0 spiro atoms. The van der Waals surface area contributed by atoms with Crippen LogP contribution in [-0.2, 0) is 9.47 Å². The van der Waals surface area contributed by atoms with Crippen molar-refractivity contribution in [2.24, 2.45) is 0 Å². The average molecular weight is 241 g/mol. The zero-order valence-electron chi connectivity index (χ0n) is 10.7. The Kier molecular flexibility index (Phi) is 5.55. The molecule has 0 aliphatic rings. The van der Waals surface area contributed by atoms with E-state index in [1.165, 1.54) is 12.1 Å². The van der Waals surface area contributed by atoms with Gasteiger partial charge in [0.05, 0.1) is 6.04 Å². The lowest BCUT2D eigenvalue weighted by Gasteiger charge is -2.26. The van der Waals surface area contributed by atoms with Gasteiger partial charge in [0.2, 0.25) is 0 Å². The molecule has 0 heterocycles. The van der Waals surface area contributed by atoms with Crippen LogP contribution in [0, 0.1) is 5.82 Å². The lowest BCUT2D eigenvalue weighted by molar-refractivity contribution is -0.120. The molecule has 1 N–H and O–H groups in total. The van der Waals surface area contributed by atoms with Gasteiger partial charge in [-0.2, -0.15) is 0 Å². The van der Waals surface area contributed by atoms with Crippen LogP contribution in [0.1, 0.15) is 25.5 Å². The first-order chi connectivity index (χ1) is 8.08. The summed E-state index contributed by atoms with van der Waals surface area (Å²) in [5.74, 6) is -0.223. The van der Waals surface area contributed by atoms with E-state index in [-0.39, 0.29) is 24.2 Å². The number of rotatable bonds is 6. The van der Waals surface area contributed by atoms with Gasteiger partial charge in [0.25, 0.3) is 0 Å². The summed E-state index contributed by atoms with van der Waals surface area (Å²) in [4.78, 5) is 0. The highest BCUT2D eigenvalue weighted by Gasteiger charge is 2.18. The Morgan fingerprint density at radius 2 is 1.82 bits per heavy atom. The minimum absolute atomic E-state index is 0.0169. The molecule has 1 aromatic rings. The molecule has 17 heavy (non-hydrogen) atoms. The van der Waals surface area contributed by atoms with E-state index < -0.39 is 0 Å². The average Bonchev–Trinajstić information content (AvgIpc) is 2.30. The van der Waals surface area contributed by atoms with E-state index in [0.717, 1.165) is 5.56 Å². The van der Waals surface area contributed by atoms with Crippen LogP contribution in [0.3, 0.4) is 0 Å². The highest BCUT2D eigenvalue weighted by atomic mass is 19.1. The molecule has 0 saturated carbocycles. The van der Waals surface area contributed by atoms with Crippen LogP contribution in [-0.4, -0.2) is 26.6 Å². The monoisotopic (exact) mass is 241 g/mol. The van der Waals surface area contributed by atoms with Gasteiger partial charge < -0.3 is 14.8 Å². The topological polar surface area (TPSA) is 30.5 Å². The number of hydrogen-bond acceptors (Lipinski definition) is 3. The predicted molar refractivity (Wildman–Crippen MR) is 65.2 cm³/mol. The second-order valence-electron chi connectivity index (χ2n) is 4.07. The van der Waals surface area contributed by atoms with Crippen LogP contribution in [0.25, 0.3) is 0 Å². The molecule has 0 aliphatic carbocycles. The molecule has 0 saturated heterocycles. The summed E-state index contributed by atoms with van der Waals surface area (Å²) in [6.07, 6.45) is -0.314. The number of hydrogen-bond donors (Lipinski definition) is 1. The van der Waals surface area contributed by atoms with Gasteiger partial charge >= 0.3 is 0 Å². The van der Waals surface area contributed by atoms with E-state index in [2.05, 4.69) is 5.32 Å². The Morgan fingerprint density at radius 1 is 1.18 bits per heavy atom. The van der Waals surface area contributed by atoms with Crippen LogP contribution in [0.2, 0.25) is 0 Å². The quantitative estimate of drug-likeness (QED) is 0.776. The summed E-state index contributed by atoms with van der Waals surface area (Å²) in [7, 11) is 3.19. The highest BCUT2D eigenvalue weighted by Crippen LogP contribution is 2.15. The van der Waals surface area contributed by atoms with Gasteiger partial charge in [-0.25, -0.2) is 4.39 Å². The molecular weight excluding hydrogens is 221 g/mol. The van der Waals surface area contributed by atoms with Crippen LogP contribution in [0.15, 0.2) is 24.3 Å². The van der Waals surface area contributed by atoms with E-state index in [1.54, 1.807) is 20.3 Å². The molecule has 96 valence electrons. The number of ether oxygens (including phenoxy) is 2. The van der Waals surface area contributed by atoms with Crippen molar-refractivity contribution in [1.29, 1.82) is 0 Å². The van der Waals surface area contributed by atoms with Gasteiger partial charge in [-0.15, -0.1) is 0 Å². The van der Waals surface area contributed by atoms with Crippen molar-refractivity contribution in [3.05, 3.63) is 35.6 Å². The minimum atomic E-state index is -0.314. The Balaban J connectivity index is 2.62. The van der Waals surface area contributed by atoms with Crippen molar-refractivity contribution in [1.82, 2.24) is 5.32 Å². The first kappa shape index (κ1) is 14.1. The third-order valence-electron chi connectivity index (χ3n) is 2.73. The van der Waals surface area contributed by atoms with E-state index in [1.807, 2.05) is 19.9 Å². The van der Waals surface area contributed by atoms with Crippen molar-refractivity contribution in [2.45, 2.75) is 32.2 Å². The van der Waals surface area contributed by atoms with Crippen molar-refractivity contribution in [2.75, 3.05) is 14.2 Å². The zero-order chi connectivity index (χ0) is 12.8. The summed E-state index contributed by atoms with van der Waals surface area (Å²) in [5.41, 5.74) is 0.905. The zero-order valence-corrected chi connectivity index (χ0v) is 10.7. The fourth-order valence-corrected chi connectivity index (χ4v) is 1.85. The third-order valence-corrected chi connectivity index (χ3v) is 2.73. The van der Waals surface area contributed by atoms with Crippen LogP contribution in [0.4, 0.5) is 4.39 Å². The molecule has 3 nitrogen and oxygen atoms in total. The Hall–Kier alpha value is -0.970. The van der Waals surface area contributed by atoms with Crippen LogP contribution in [0.5, 0.6) is 0 Å². The second kappa shape index (κ2) is 6.69. The van der Waals surface area contributed by atoms with Gasteiger partial charge in [0.15, 0.2) is 6.29 Å². The summed E-state index contributed by atoms with van der Waals surface area (Å²) < 4.78 is 23.4. The molecule has 1 rings (SSSR count). The second-order valence-corrected chi connectivity index (χ2v) is 4.07. The molecule has 0 fully saturated rings. The molecule has 0 amide bonds. The molecule has 0 aliphatic heterocycles. The summed E-state index contributed by atoms with van der Waals surface area (Å²) in [6, 6.07) is 6.61. The lowest BCUT2D eigenvalue weighted by Crippen LogP contribution is -2.40. The van der Waals surface area contributed by atoms with Crippen LogP contribution < -0.4 is 5.32 Å². The number of benzene rings is 1. The summed E-state index contributed by atoms with van der Waals surface area (Å²) in [6.45, 7) is 3.95. The molecule has 2 atom stereocenters. The highest BCUT2D eigenvalue weighted by molar-refractivity contribution is 5.19. The van der Waals surface area contributed by atoms with E-state index >= 15 is 0 Å². The number of methoxy groups -OCH3 is 2. The molecule has 1 aromatic carbocycles. The number of nitrogens with one attached hydrogen (secondary N) is 1. The molecule has 0 bridgehead atoms. The first-order valence-electron chi connectivity index (χ1n) is 5.65. The van der Waals surface area contributed by atoms with Gasteiger partial charge in [-0.1, -0.05) is 12.1 Å². The maximum absolute atomic E-state index is 13.1. The smallest absolute Gasteiger partial charge is 0.171 e. The lowest BCUT2D eigenvalue weighted by atomic mass is 10.1. The fourth-order valence-electron chi connectivity index (χ4n) is 1.85. The standard InChI is InChI=1S/C13H20FNO2/c1-9(11-6-5-7-12(14)8-11)15-10(2)13(16-3)17-4/h5-10,13,15H,1-4H3/t9-,10?/m1/s1. The fraction of sp³-hybridized carbons (Fsp3) is 0.538. The molecule has 0 radical (unpaired) electrons. The molecule has 1 unspecified atom stereocenters. The van der Waals surface area contributed by atoms with Crippen LogP contribution >= 0.6 is 0 Å². The number of halogens is 1. The SMILES string of the molecule is COC(OC)C(C)N[C@H](C)c1cccc(F)c1. The van der Waals surface area contributed by atoms with Crippen molar-refractivity contribution < 1.29 is 13.9 Å². The summed E-state index contributed by atoms with van der Waals surface area (Å²) in [5, 5.41) is 3.31. The van der Waals surface area contributed by atoms with E-state index in [4.69, 9.17) is 9.47 Å². The normalized spacial score (nSPS) is 14.9. The van der Waals surface area contributed by atoms with Gasteiger partial charge in [0, 0.05) is 20.3 Å². The first-order valence-corrected chi connectivity index (χ1v) is 5.65. The largest absolute Gasteiger partial charge is 0.354 e. The Morgan fingerprint density at radius 3 is 2.35 bits per heavy atom. The molecule has 4 heteroatoms. The van der Waals surface area contributed by atoms with Crippen molar-refractivity contribution in [3.8, 4) is 0 Å². The van der Waals surface area contributed by atoms with E-state index in [9.17, 15) is 4.39 Å². The third kappa shape index (κ3) is 4.07.